The zero-order valence-electron chi connectivity index (χ0n) is 15.1. The van der Waals surface area contributed by atoms with E-state index in [1.54, 1.807) is 12.1 Å². The molecule has 1 unspecified atom stereocenters. The van der Waals surface area contributed by atoms with E-state index in [1.807, 2.05) is 0 Å². The highest BCUT2D eigenvalue weighted by atomic mass is 16.5. The number of carboxylic acid groups (broad SMARTS) is 1. The first-order chi connectivity index (χ1) is 12.9. The number of carboxylic acids is 1. The van der Waals surface area contributed by atoms with E-state index >= 15 is 0 Å². The number of esters is 2. The predicted octanol–water partition coefficient (Wildman–Crippen LogP) is 1.62. The van der Waals surface area contributed by atoms with Gasteiger partial charge in [0, 0.05) is 24.5 Å². The molecule has 2 rings (SSSR count). The lowest BCUT2D eigenvalue weighted by Gasteiger charge is -2.15. The number of carbonyl (C=O) groups is 3. The standard InChI is InChI=1S/C18H22N2O7/c1-25-16(21)9-15(18(24)26-2)20-11-5-6-14(13(8-11)17(22)23)19-10-12-4-3-7-27-12/h5-6,8-9,12,19-20H,3-4,7,10H2,1-2H3,(H,22,23)/b15-9+. The zero-order chi connectivity index (χ0) is 19.8. The van der Waals surface area contributed by atoms with Crippen LogP contribution in [0.25, 0.3) is 0 Å². The summed E-state index contributed by atoms with van der Waals surface area (Å²) in [4.78, 5) is 34.8. The maximum absolute atomic E-state index is 11.8. The van der Waals surface area contributed by atoms with E-state index in [9.17, 15) is 19.5 Å². The van der Waals surface area contributed by atoms with Gasteiger partial charge in [-0.15, -0.1) is 0 Å². The summed E-state index contributed by atoms with van der Waals surface area (Å²) in [6.45, 7) is 1.21. The Balaban J connectivity index is 2.19. The fourth-order valence-corrected chi connectivity index (χ4v) is 2.57. The Labute approximate surface area is 156 Å². The summed E-state index contributed by atoms with van der Waals surface area (Å²) in [5, 5.41) is 15.2. The highest BCUT2D eigenvalue weighted by Gasteiger charge is 2.18. The molecule has 1 saturated heterocycles. The van der Waals surface area contributed by atoms with Gasteiger partial charge in [-0.2, -0.15) is 0 Å². The first-order valence-corrected chi connectivity index (χ1v) is 8.32. The largest absolute Gasteiger partial charge is 0.478 e. The van der Waals surface area contributed by atoms with Crippen LogP contribution in [-0.2, 0) is 23.8 Å². The van der Waals surface area contributed by atoms with Crippen LogP contribution < -0.4 is 10.6 Å². The van der Waals surface area contributed by atoms with Crippen LogP contribution in [0.3, 0.4) is 0 Å². The van der Waals surface area contributed by atoms with Crippen LogP contribution in [-0.4, -0.2) is 56.5 Å². The topological polar surface area (TPSA) is 123 Å². The first kappa shape index (κ1) is 20.2. The van der Waals surface area contributed by atoms with Gasteiger partial charge in [-0.25, -0.2) is 14.4 Å². The average Bonchev–Trinajstić information content (AvgIpc) is 3.18. The van der Waals surface area contributed by atoms with E-state index in [4.69, 9.17) is 4.74 Å². The molecule has 0 saturated carbocycles. The lowest BCUT2D eigenvalue weighted by atomic mass is 10.1. The second-order valence-electron chi connectivity index (χ2n) is 5.78. The maximum atomic E-state index is 11.8. The molecular weight excluding hydrogens is 356 g/mol. The van der Waals surface area contributed by atoms with Crippen molar-refractivity contribution in [2.75, 3.05) is 38.0 Å². The van der Waals surface area contributed by atoms with Crippen LogP contribution in [0.5, 0.6) is 0 Å². The third kappa shape index (κ3) is 5.71. The molecule has 9 heteroatoms. The second-order valence-corrected chi connectivity index (χ2v) is 5.78. The molecule has 0 spiro atoms. The van der Waals surface area contributed by atoms with E-state index in [1.165, 1.54) is 13.2 Å². The Morgan fingerprint density at radius 2 is 2.07 bits per heavy atom. The molecular formula is C18H22N2O7. The molecule has 1 heterocycles. The van der Waals surface area contributed by atoms with E-state index in [0.29, 0.717) is 24.5 Å². The molecule has 1 aromatic rings. The highest BCUT2D eigenvalue weighted by Crippen LogP contribution is 2.23. The SMILES string of the molecule is COC(=O)/C=C(/Nc1ccc(NCC2CCCO2)c(C(=O)O)c1)C(=O)OC. The van der Waals surface area contributed by atoms with Crippen LogP contribution in [0.4, 0.5) is 11.4 Å². The van der Waals surface area contributed by atoms with Gasteiger partial charge < -0.3 is 30.0 Å². The summed E-state index contributed by atoms with van der Waals surface area (Å²) in [6, 6.07) is 4.51. The average molecular weight is 378 g/mol. The van der Waals surface area contributed by atoms with Crippen LogP contribution in [0.2, 0.25) is 0 Å². The van der Waals surface area contributed by atoms with E-state index in [2.05, 4.69) is 20.1 Å². The fourth-order valence-electron chi connectivity index (χ4n) is 2.57. The van der Waals surface area contributed by atoms with Gasteiger partial charge in [0.05, 0.1) is 32.0 Å². The van der Waals surface area contributed by atoms with Crippen molar-refractivity contribution in [3.63, 3.8) is 0 Å². The molecule has 1 aliphatic heterocycles. The Bertz CT molecular complexity index is 739. The number of rotatable bonds is 8. The lowest BCUT2D eigenvalue weighted by Crippen LogP contribution is -2.20. The maximum Gasteiger partial charge on any atom is 0.354 e. The molecule has 9 nitrogen and oxygen atoms in total. The Morgan fingerprint density at radius 1 is 1.30 bits per heavy atom. The number of carbonyl (C=O) groups excluding carboxylic acids is 2. The van der Waals surface area contributed by atoms with Crippen LogP contribution in [0.15, 0.2) is 30.0 Å². The molecule has 0 aromatic heterocycles. The van der Waals surface area contributed by atoms with Gasteiger partial charge in [0.25, 0.3) is 0 Å². The van der Waals surface area contributed by atoms with Gasteiger partial charge in [0.2, 0.25) is 0 Å². The summed E-state index contributed by atoms with van der Waals surface area (Å²) in [5.41, 5.74) is 0.566. The predicted molar refractivity (Wildman–Crippen MR) is 96.6 cm³/mol. The number of ether oxygens (including phenoxy) is 3. The molecule has 1 aromatic carbocycles. The Kier molecular flexibility index (Phi) is 7.18. The summed E-state index contributed by atoms with van der Waals surface area (Å²) in [6.07, 6.45) is 2.90. The number of methoxy groups -OCH3 is 2. The van der Waals surface area contributed by atoms with Crippen molar-refractivity contribution in [2.24, 2.45) is 0 Å². The number of aromatic carboxylic acids is 1. The summed E-state index contributed by atoms with van der Waals surface area (Å²) < 4.78 is 14.6. The smallest absolute Gasteiger partial charge is 0.354 e. The number of nitrogens with one attached hydrogen (secondary N) is 2. The summed E-state index contributed by atoms with van der Waals surface area (Å²) >= 11 is 0. The fraction of sp³-hybridized carbons (Fsp3) is 0.389. The van der Waals surface area contributed by atoms with Crippen molar-refractivity contribution < 1.29 is 33.7 Å². The highest BCUT2D eigenvalue weighted by molar-refractivity contribution is 6.00. The quantitative estimate of drug-likeness (QED) is 0.457. The van der Waals surface area contributed by atoms with Crippen molar-refractivity contribution in [1.82, 2.24) is 0 Å². The van der Waals surface area contributed by atoms with Gasteiger partial charge in [0.1, 0.15) is 5.70 Å². The van der Waals surface area contributed by atoms with Crippen molar-refractivity contribution in [2.45, 2.75) is 18.9 Å². The van der Waals surface area contributed by atoms with E-state index in [-0.39, 0.29) is 17.4 Å². The zero-order valence-corrected chi connectivity index (χ0v) is 15.1. The third-order valence-electron chi connectivity index (χ3n) is 3.94. The minimum Gasteiger partial charge on any atom is -0.478 e. The monoisotopic (exact) mass is 378 g/mol. The minimum atomic E-state index is -1.13. The molecule has 146 valence electrons. The molecule has 0 amide bonds. The Hall–Kier alpha value is -3.07. The van der Waals surface area contributed by atoms with Crippen LogP contribution in [0.1, 0.15) is 23.2 Å². The molecule has 0 radical (unpaired) electrons. The molecule has 1 aliphatic rings. The van der Waals surface area contributed by atoms with Gasteiger partial charge >= 0.3 is 17.9 Å². The molecule has 1 fully saturated rings. The molecule has 1 atom stereocenters. The van der Waals surface area contributed by atoms with Crippen molar-refractivity contribution in [3.8, 4) is 0 Å². The van der Waals surface area contributed by atoms with E-state index in [0.717, 1.165) is 26.0 Å². The normalized spacial score (nSPS) is 16.5. The van der Waals surface area contributed by atoms with Gasteiger partial charge in [-0.3, -0.25) is 0 Å². The molecule has 27 heavy (non-hydrogen) atoms. The van der Waals surface area contributed by atoms with Crippen molar-refractivity contribution >= 4 is 29.3 Å². The van der Waals surface area contributed by atoms with Crippen LogP contribution >= 0.6 is 0 Å². The first-order valence-electron chi connectivity index (χ1n) is 8.32. The lowest BCUT2D eigenvalue weighted by molar-refractivity contribution is -0.138. The number of hydrogen-bond donors (Lipinski definition) is 3. The molecule has 0 bridgehead atoms. The molecule has 3 N–H and O–H groups in total. The van der Waals surface area contributed by atoms with Gasteiger partial charge in [-0.05, 0) is 31.0 Å². The van der Waals surface area contributed by atoms with E-state index < -0.39 is 17.9 Å². The van der Waals surface area contributed by atoms with Crippen molar-refractivity contribution in [1.29, 1.82) is 0 Å². The minimum absolute atomic E-state index is 0.0141. The number of anilines is 2. The number of benzene rings is 1. The Morgan fingerprint density at radius 3 is 2.67 bits per heavy atom. The van der Waals surface area contributed by atoms with Gasteiger partial charge in [-0.1, -0.05) is 0 Å². The summed E-state index contributed by atoms with van der Waals surface area (Å²) in [7, 11) is 2.33. The van der Waals surface area contributed by atoms with Crippen LogP contribution in [0, 0.1) is 0 Å². The summed E-state index contributed by atoms with van der Waals surface area (Å²) in [5.74, 6) is -2.68. The third-order valence-corrected chi connectivity index (χ3v) is 3.94. The number of hydrogen-bond acceptors (Lipinski definition) is 8. The second kappa shape index (κ2) is 9.58. The van der Waals surface area contributed by atoms with Gasteiger partial charge in [0.15, 0.2) is 0 Å². The van der Waals surface area contributed by atoms with Crippen molar-refractivity contribution in [3.05, 3.63) is 35.5 Å². The molecule has 0 aliphatic carbocycles.